The first-order valence-electron chi connectivity index (χ1n) is 9.77. The molecule has 6 rings (SSSR count). The molecule has 0 aliphatic heterocycles. The molecule has 4 fully saturated rings. The van der Waals surface area contributed by atoms with Gasteiger partial charge in [-0.25, -0.2) is 9.97 Å². The molecule has 7 nitrogen and oxygen atoms in total. The van der Waals surface area contributed by atoms with Crippen LogP contribution < -0.4 is 16.4 Å². The number of halogens is 1. The van der Waals surface area contributed by atoms with Crippen LogP contribution in [0, 0.1) is 17.8 Å². The highest BCUT2D eigenvalue weighted by Crippen LogP contribution is 2.59. The molecule has 2 aromatic heterocycles. The molecule has 4 N–H and O–H groups in total. The van der Waals surface area contributed by atoms with E-state index in [1.165, 1.54) is 38.3 Å². The molecular formula is C20H23BrN6O. The molecule has 2 heterocycles. The number of pyridine rings is 1. The summed E-state index contributed by atoms with van der Waals surface area (Å²) in [5, 5.41) is 6.81. The van der Waals surface area contributed by atoms with Crippen molar-refractivity contribution in [3.8, 4) is 0 Å². The third-order valence-corrected chi connectivity index (χ3v) is 7.48. The zero-order valence-electron chi connectivity index (χ0n) is 15.4. The van der Waals surface area contributed by atoms with Crippen molar-refractivity contribution in [1.29, 1.82) is 0 Å². The zero-order valence-corrected chi connectivity index (χ0v) is 17.0. The van der Waals surface area contributed by atoms with Crippen molar-refractivity contribution in [2.24, 2.45) is 23.5 Å². The fourth-order valence-electron chi connectivity index (χ4n) is 5.67. The van der Waals surface area contributed by atoms with Gasteiger partial charge in [-0.1, -0.05) is 15.9 Å². The van der Waals surface area contributed by atoms with Gasteiger partial charge in [0.1, 0.15) is 11.6 Å². The minimum absolute atomic E-state index is 0.325. The van der Waals surface area contributed by atoms with E-state index in [-0.39, 0.29) is 0 Å². The van der Waals surface area contributed by atoms with Gasteiger partial charge in [-0.15, -0.1) is 0 Å². The highest BCUT2D eigenvalue weighted by molar-refractivity contribution is 9.10. The van der Waals surface area contributed by atoms with Crippen molar-refractivity contribution >= 4 is 39.2 Å². The van der Waals surface area contributed by atoms with Crippen LogP contribution in [-0.4, -0.2) is 31.2 Å². The Morgan fingerprint density at radius 2 is 1.89 bits per heavy atom. The second-order valence-electron chi connectivity index (χ2n) is 8.49. The number of carbonyl (C=O) groups is 1. The van der Waals surface area contributed by atoms with E-state index in [0.717, 1.165) is 11.6 Å². The van der Waals surface area contributed by atoms with Crippen LogP contribution in [0.15, 0.2) is 30.9 Å². The van der Waals surface area contributed by atoms with E-state index in [2.05, 4.69) is 41.5 Å². The van der Waals surface area contributed by atoms with E-state index >= 15 is 0 Å². The Hall–Kier alpha value is -2.22. The van der Waals surface area contributed by atoms with Crippen molar-refractivity contribution in [3.05, 3.63) is 36.4 Å². The highest BCUT2D eigenvalue weighted by atomic mass is 79.9. The lowest BCUT2D eigenvalue weighted by Crippen LogP contribution is -2.56. The summed E-state index contributed by atoms with van der Waals surface area (Å²) in [4.78, 5) is 24.6. The number of alkyl halides is 1. The lowest BCUT2D eigenvalue weighted by molar-refractivity contribution is 0.0280. The molecular weight excluding hydrogens is 420 g/mol. The Morgan fingerprint density at radius 1 is 1.11 bits per heavy atom. The van der Waals surface area contributed by atoms with Gasteiger partial charge < -0.3 is 16.4 Å². The van der Waals surface area contributed by atoms with E-state index in [1.54, 1.807) is 18.6 Å². The quantitative estimate of drug-likeness (QED) is 0.612. The third-order valence-electron chi connectivity index (χ3n) is 6.51. The lowest BCUT2D eigenvalue weighted by atomic mass is 9.54. The largest absolute Gasteiger partial charge is 0.381 e. The summed E-state index contributed by atoms with van der Waals surface area (Å²) in [7, 11) is 0. The number of anilines is 3. The molecule has 0 radical (unpaired) electrons. The molecule has 0 aromatic carbocycles. The van der Waals surface area contributed by atoms with E-state index in [0.29, 0.717) is 39.4 Å². The number of nitrogens with one attached hydrogen (secondary N) is 2. The van der Waals surface area contributed by atoms with Crippen LogP contribution in [0.4, 0.5) is 17.3 Å². The first-order valence-corrected chi connectivity index (χ1v) is 10.6. The van der Waals surface area contributed by atoms with Crippen molar-refractivity contribution in [3.63, 3.8) is 0 Å². The van der Waals surface area contributed by atoms with Gasteiger partial charge in [0.25, 0.3) is 5.91 Å². The van der Waals surface area contributed by atoms with Crippen molar-refractivity contribution in [2.75, 3.05) is 10.6 Å². The summed E-state index contributed by atoms with van der Waals surface area (Å²) in [6.45, 7) is 0. The number of amides is 1. The summed E-state index contributed by atoms with van der Waals surface area (Å²) in [5.41, 5.74) is 6.79. The second kappa shape index (κ2) is 6.69. The normalized spacial score (nSPS) is 32.9. The summed E-state index contributed by atoms with van der Waals surface area (Å²) in [5.74, 6) is 2.81. The Balaban J connectivity index is 1.42. The Morgan fingerprint density at radius 3 is 2.54 bits per heavy atom. The highest BCUT2D eigenvalue weighted by Gasteiger charge is 2.54. The lowest BCUT2D eigenvalue weighted by Gasteiger charge is -2.58. The molecule has 146 valence electrons. The van der Waals surface area contributed by atoms with E-state index in [4.69, 9.17) is 5.73 Å². The number of hydrogen-bond acceptors (Lipinski definition) is 6. The summed E-state index contributed by atoms with van der Waals surface area (Å²) < 4.78 is 0.325. The summed E-state index contributed by atoms with van der Waals surface area (Å²) >= 11 is 4.02. The summed E-state index contributed by atoms with van der Waals surface area (Å²) in [6, 6.07) is 2.22. The molecule has 8 heteroatoms. The molecule has 0 saturated heterocycles. The minimum atomic E-state index is -0.471. The molecule has 5 atom stereocenters. The molecule has 4 aliphatic carbocycles. The number of hydrogen-bond donors (Lipinski definition) is 3. The predicted molar refractivity (Wildman–Crippen MR) is 111 cm³/mol. The first kappa shape index (κ1) is 17.8. The van der Waals surface area contributed by atoms with Gasteiger partial charge in [0, 0.05) is 35.0 Å². The number of aromatic nitrogens is 3. The zero-order chi connectivity index (χ0) is 19.3. The summed E-state index contributed by atoms with van der Waals surface area (Å²) in [6.07, 6.45) is 12.6. The maximum Gasteiger partial charge on any atom is 0.252 e. The monoisotopic (exact) mass is 442 g/mol. The molecule has 2 aromatic rings. The number of nitrogens with two attached hydrogens (primary N) is 1. The van der Waals surface area contributed by atoms with Crippen LogP contribution in [0.25, 0.3) is 0 Å². The molecule has 0 spiro atoms. The first-order chi connectivity index (χ1) is 13.5. The third kappa shape index (κ3) is 3.23. The van der Waals surface area contributed by atoms with Crippen LogP contribution >= 0.6 is 15.9 Å². The maximum atomic E-state index is 12.0. The van der Waals surface area contributed by atoms with Crippen LogP contribution in [0.2, 0.25) is 0 Å². The van der Waals surface area contributed by atoms with Crippen LogP contribution in [0.3, 0.4) is 0 Å². The smallest absolute Gasteiger partial charge is 0.252 e. The fraction of sp³-hybridized carbons (Fsp3) is 0.500. The average molecular weight is 443 g/mol. The molecule has 3 unspecified atom stereocenters. The van der Waals surface area contributed by atoms with Gasteiger partial charge in [-0.2, -0.15) is 0 Å². The second-order valence-corrected chi connectivity index (χ2v) is 10.2. The van der Waals surface area contributed by atoms with Crippen LogP contribution in [-0.2, 0) is 0 Å². The van der Waals surface area contributed by atoms with Gasteiger partial charge in [-0.05, 0) is 49.9 Å². The SMILES string of the molecule is NC(=O)c1cnc(Nc2cnccn2)cc1NC1[C@@H]2CC3C[C@H]1CC(Br)(C3)C2. The van der Waals surface area contributed by atoms with Crippen molar-refractivity contribution in [2.45, 2.75) is 42.5 Å². The van der Waals surface area contributed by atoms with Crippen LogP contribution in [0.1, 0.15) is 42.5 Å². The van der Waals surface area contributed by atoms with E-state index in [9.17, 15) is 4.79 Å². The molecule has 4 aliphatic rings. The number of primary amides is 1. The Labute approximate surface area is 172 Å². The fourth-order valence-corrected chi connectivity index (χ4v) is 6.96. The van der Waals surface area contributed by atoms with Gasteiger partial charge in [0.2, 0.25) is 0 Å². The molecule has 4 saturated carbocycles. The number of carbonyl (C=O) groups excluding carboxylic acids is 1. The van der Waals surface area contributed by atoms with Crippen LogP contribution in [0.5, 0.6) is 0 Å². The standard InChI is InChI=1S/C20H23BrN6O/c21-20-6-11-3-12(7-20)18(13(4-11)8-20)26-15-5-16(25-9-14(15)19(22)28)27-17-10-23-1-2-24-17/h1-2,5,9-13,18H,3-4,6-8H2,(H2,22,28)(H2,24,25,26,27)/t11?,12-,13+,18?,20?. The van der Waals surface area contributed by atoms with Gasteiger partial charge in [0.15, 0.2) is 0 Å². The van der Waals surface area contributed by atoms with Gasteiger partial charge in [0.05, 0.1) is 17.4 Å². The minimum Gasteiger partial charge on any atom is -0.381 e. The van der Waals surface area contributed by atoms with Crippen molar-refractivity contribution in [1.82, 2.24) is 15.0 Å². The van der Waals surface area contributed by atoms with E-state index < -0.39 is 5.91 Å². The Kier molecular flexibility index (Phi) is 4.26. The maximum absolute atomic E-state index is 12.0. The topological polar surface area (TPSA) is 106 Å². The predicted octanol–water partition coefficient (Wildman–Crippen LogP) is 3.47. The molecule has 4 bridgehead atoms. The molecule has 28 heavy (non-hydrogen) atoms. The number of rotatable bonds is 5. The average Bonchev–Trinajstić information content (AvgIpc) is 2.64. The van der Waals surface area contributed by atoms with Gasteiger partial charge in [-0.3, -0.25) is 9.78 Å². The van der Waals surface area contributed by atoms with Crippen molar-refractivity contribution < 1.29 is 4.79 Å². The Bertz CT molecular complexity index is 891. The van der Waals surface area contributed by atoms with Gasteiger partial charge >= 0.3 is 0 Å². The number of nitrogens with zero attached hydrogens (tertiary/aromatic N) is 3. The van der Waals surface area contributed by atoms with E-state index in [1.807, 2.05) is 6.07 Å². The molecule has 1 amide bonds.